The van der Waals surface area contributed by atoms with Crippen molar-refractivity contribution in [3.8, 4) is 17.2 Å². The van der Waals surface area contributed by atoms with Crippen molar-refractivity contribution in [2.45, 2.75) is 13.5 Å². The summed E-state index contributed by atoms with van der Waals surface area (Å²) in [5.74, 6) is 1.20. The maximum absolute atomic E-state index is 12.0. The monoisotopic (exact) mass is 373 g/mol. The molecule has 1 amide bonds. The van der Waals surface area contributed by atoms with Crippen LogP contribution in [0.15, 0.2) is 35.1 Å². The number of methoxy groups -OCH3 is 3. The van der Waals surface area contributed by atoms with Crippen LogP contribution in [0.1, 0.15) is 11.3 Å². The van der Waals surface area contributed by atoms with Crippen LogP contribution in [0.3, 0.4) is 0 Å². The van der Waals surface area contributed by atoms with Gasteiger partial charge in [0.1, 0.15) is 0 Å². The highest BCUT2D eigenvalue weighted by Crippen LogP contribution is 2.38. The first kappa shape index (κ1) is 20.0. The van der Waals surface area contributed by atoms with E-state index in [0.29, 0.717) is 23.8 Å². The number of carbonyl (C=O) groups is 1. The number of carbonyl (C=O) groups excluding carboxylic acids is 1. The molecule has 144 valence electrons. The van der Waals surface area contributed by atoms with Crippen LogP contribution in [-0.4, -0.2) is 43.6 Å². The topological polar surface area (TPSA) is 91.7 Å². The molecule has 8 heteroatoms. The Labute approximate surface area is 157 Å². The SMILES string of the molecule is COc1cc(/C=C/C(=O)NCCn2nc(C)ccc2=O)cc(OC)c1OC. The summed E-state index contributed by atoms with van der Waals surface area (Å²) in [5.41, 5.74) is 1.25. The summed E-state index contributed by atoms with van der Waals surface area (Å²) in [6, 6.07) is 6.58. The number of aromatic nitrogens is 2. The molecule has 1 aromatic heterocycles. The molecule has 0 saturated heterocycles. The van der Waals surface area contributed by atoms with Crippen LogP contribution in [0.5, 0.6) is 17.2 Å². The minimum atomic E-state index is -0.288. The van der Waals surface area contributed by atoms with Gasteiger partial charge in [0.2, 0.25) is 11.7 Å². The number of hydrogen-bond acceptors (Lipinski definition) is 6. The lowest BCUT2D eigenvalue weighted by Gasteiger charge is -2.12. The zero-order valence-corrected chi connectivity index (χ0v) is 15.8. The maximum atomic E-state index is 12.0. The molecule has 0 aliphatic heterocycles. The Morgan fingerprint density at radius 3 is 2.41 bits per heavy atom. The molecule has 2 rings (SSSR count). The first-order valence-electron chi connectivity index (χ1n) is 8.29. The molecule has 0 unspecified atom stereocenters. The zero-order valence-electron chi connectivity index (χ0n) is 15.8. The third-order valence-corrected chi connectivity index (χ3v) is 3.74. The Morgan fingerprint density at radius 2 is 1.81 bits per heavy atom. The molecule has 0 aliphatic rings. The summed E-state index contributed by atoms with van der Waals surface area (Å²) in [4.78, 5) is 23.7. The molecule has 0 saturated carbocycles. The van der Waals surface area contributed by atoms with E-state index in [-0.39, 0.29) is 18.0 Å². The van der Waals surface area contributed by atoms with E-state index in [2.05, 4.69) is 10.4 Å². The van der Waals surface area contributed by atoms with Crippen molar-refractivity contribution >= 4 is 12.0 Å². The Hall–Kier alpha value is -3.29. The summed E-state index contributed by atoms with van der Waals surface area (Å²) >= 11 is 0. The van der Waals surface area contributed by atoms with Gasteiger partial charge in [0.15, 0.2) is 11.5 Å². The number of benzene rings is 1. The van der Waals surface area contributed by atoms with Gasteiger partial charge in [-0.15, -0.1) is 0 Å². The molecule has 0 aliphatic carbocycles. The lowest BCUT2D eigenvalue weighted by molar-refractivity contribution is -0.116. The van der Waals surface area contributed by atoms with Gasteiger partial charge in [-0.1, -0.05) is 0 Å². The molecular weight excluding hydrogens is 350 g/mol. The maximum Gasteiger partial charge on any atom is 0.266 e. The highest BCUT2D eigenvalue weighted by Gasteiger charge is 2.12. The van der Waals surface area contributed by atoms with Gasteiger partial charge < -0.3 is 19.5 Å². The van der Waals surface area contributed by atoms with Crippen molar-refractivity contribution in [3.63, 3.8) is 0 Å². The van der Waals surface area contributed by atoms with E-state index in [0.717, 1.165) is 11.3 Å². The summed E-state index contributed by atoms with van der Waals surface area (Å²) in [5, 5.41) is 6.83. The molecule has 27 heavy (non-hydrogen) atoms. The van der Waals surface area contributed by atoms with Gasteiger partial charge in [-0.05, 0) is 36.8 Å². The van der Waals surface area contributed by atoms with Crippen LogP contribution in [0.25, 0.3) is 6.08 Å². The van der Waals surface area contributed by atoms with E-state index >= 15 is 0 Å². The predicted molar refractivity (Wildman–Crippen MR) is 101 cm³/mol. The van der Waals surface area contributed by atoms with Gasteiger partial charge in [0.25, 0.3) is 5.56 Å². The van der Waals surface area contributed by atoms with Gasteiger partial charge in [0, 0.05) is 18.7 Å². The molecule has 1 N–H and O–H groups in total. The second-order valence-corrected chi connectivity index (χ2v) is 5.62. The summed E-state index contributed by atoms with van der Waals surface area (Å²) in [6.07, 6.45) is 3.03. The number of rotatable bonds is 8. The van der Waals surface area contributed by atoms with Crippen LogP contribution in [0.2, 0.25) is 0 Å². The van der Waals surface area contributed by atoms with Gasteiger partial charge in [0.05, 0.1) is 33.6 Å². The number of ether oxygens (including phenoxy) is 3. The molecular formula is C19H23N3O5. The van der Waals surface area contributed by atoms with Crippen LogP contribution in [0.4, 0.5) is 0 Å². The molecule has 0 fully saturated rings. The van der Waals surface area contributed by atoms with E-state index < -0.39 is 0 Å². The van der Waals surface area contributed by atoms with Crippen molar-refractivity contribution < 1.29 is 19.0 Å². The lowest BCUT2D eigenvalue weighted by atomic mass is 10.1. The van der Waals surface area contributed by atoms with Gasteiger partial charge >= 0.3 is 0 Å². The zero-order chi connectivity index (χ0) is 19.8. The van der Waals surface area contributed by atoms with Crippen molar-refractivity contribution in [1.82, 2.24) is 15.1 Å². The standard InChI is InChI=1S/C19H23N3O5/c1-13-5-8-18(24)22(21-13)10-9-20-17(23)7-6-14-11-15(25-2)19(27-4)16(12-14)26-3/h5-8,11-12H,9-10H2,1-4H3,(H,20,23)/b7-6+. The normalized spacial score (nSPS) is 10.7. The van der Waals surface area contributed by atoms with E-state index in [9.17, 15) is 9.59 Å². The molecule has 1 heterocycles. The van der Waals surface area contributed by atoms with Crippen molar-refractivity contribution in [2.24, 2.45) is 0 Å². The van der Waals surface area contributed by atoms with E-state index in [1.54, 1.807) is 31.2 Å². The molecule has 0 atom stereocenters. The Morgan fingerprint density at radius 1 is 1.15 bits per heavy atom. The molecule has 0 radical (unpaired) electrons. The fourth-order valence-electron chi connectivity index (χ4n) is 2.42. The van der Waals surface area contributed by atoms with Crippen molar-refractivity contribution in [2.75, 3.05) is 27.9 Å². The average Bonchev–Trinajstić information content (AvgIpc) is 2.67. The predicted octanol–water partition coefficient (Wildman–Crippen LogP) is 1.41. The second-order valence-electron chi connectivity index (χ2n) is 5.62. The van der Waals surface area contributed by atoms with Gasteiger partial charge in [-0.25, -0.2) is 4.68 Å². The largest absolute Gasteiger partial charge is 0.493 e. The fraction of sp³-hybridized carbons (Fsp3) is 0.316. The highest BCUT2D eigenvalue weighted by molar-refractivity contribution is 5.91. The quantitative estimate of drug-likeness (QED) is 0.704. The van der Waals surface area contributed by atoms with Crippen molar-refractivity contribution in [3.05, 3.63) is 52.0 Å². The highest BCUT2D eigenvalue weighted by atomic mass is 16.5. The summed E-state index contributed by atoms with van der Waals surface area (Å²) < 4.78 is 17.1. The Balaban J connectivity index is 2.00. The first-order valence-corrected chi connectivity index (χ1v) is 8.29. The number of amides is 1. The molecule has 2 aromatic rings. The fourth-order valence-corrected chi connectivity index (χ4v) is 2.42. The van der Waals surface area contributed by atoms with E-state index in [1.165, 1.54) is 38.2 Å². The summed E-state index contributed by atoms with van der Waals surface area (Å²) in [7, 11) is 4.58. The first-order chi connectivity index (χ1) is 13.0. The molecule has 1 aromatic carbocycles. The smallest absolute Gasteiger partial charge is 0.266 e. The average molecular weight is 373 g/mol. The Bertz CT molecular complexity index is 864. The lowest BCUT2D eigenvalue weighted by Crippen LogP contribution is -2.31. The minimum Gasteiger partial charge on any atom is -0.493 e. The van der Waals surface area contributed by atoms with E-state index in [1.807, 2.05) is 0 Å². The van der Waals surface area contributed by atoms with Crippen LogP contribution < -0.4 is 25.1 Å². The number of hydrogen-bond donors (Lipinski definition) is 1. The molecule has 0 bridgehead atoms. The number of aryl methyl sites for hydroxylation is 1. The van der Waals surface area contributed by atoms with Gasteiger partial charge in [-0.3, -0.25) is 9.59 Å². The van der Waals surface area contributed by atoms with Gasteiger partial charge in [-0.2, -0.15) is 5.10 Å². The molecule has 8 nitrogen and oxygen atoms in total. The minimum absolute atomic E-state index is 0.206. The number of nitrogens with one attached hydrogen (secondary N) is 1. The molecule has 0 spiro atoms. The van der Waals surface area contributed by atoms with Crippen molar-refractivity contribution in [1.29, 1.82) is 0 Å². The second kappa shape index (κ2) is 9.42. The number of nitrogens with zero attached hydrogens (tertiary/aromatic N) is 2. The van der Waals surface area contributed by atoms with Crippen LogP contribution in [0, 0.1) is 6.92 Å². The third kappa shape index (κ3) is 5.34. The van der Waals surface area contributed by atoms with E-state index in [4.69, 9.17) is 14.2 Å². The van der Waals surface area contributed by atoms with Crippen LogP contribution in [-0.2, 0) is 11.3 Å². The Kier molecular flexibility index (Phi) is 6.99. The van der Waals surface area contributed by atoms with Crippen LogP contribution >= 0.6 is 0 Å². The summed E-state index contributed by atoms with van der Waals surface area (Å²) in [6.45, 7) is 2.38. The third-order valence-electron chi connectivity index (χ3n) is 3.74.